The number of benzene rings is 1. The number of nitrogens with one attached hydrogen (secondary N) is 1. The van der Waals surface area contributed by atoms with Crippen molar-refractivity contribution in [2.45, 2.75) is 38.0 Å². The Kier molecular flexibility index (Phi) is 3.18. The van der Waals surface area contributed by atoms with Crippen LogP contribution in [0.25, 0.3) is 0 Å². The van der Waals surface area contributed by atoms with E-state index in [-0.39, 0.29) is 5.78 Å². The Bertz CT molecular complexity index is 819. The normalized spacial score (nSPS) is 21.3. The van der Waals surface area contributed by atoms with Crippen LogP contribution in [0.15, 0.2) is 24.4 Å². The van der Waals surface area contributed by atoms with Gasteiger partial charge in [0.1, 0.15) is 5.69 Å². The van der Waals surface area contributed by atoms with Gasteiger partial charge in [-0.05, 0) is 54.4 Å². The number of halogens is 2. The first-order valence-corrected chi connectivity index (χ1v) is 7.80. The number of fused-ring (bicyclic) bond motifs is 5. The molecule has 1 heterocycles. The van der Waals surface area contributed by atoms with Gasteiger partial charge in [0, 0.05) is 18.7 Å². The van der Waals surface area contributed by atoms with Crippen molar-refractivity contribution in [1.82, 2.24) is 4.98 Å². The van der Waals surface area contributed by atoms with E-state index in [9.17, 15) is 13.6 Å². The van der Waals surface area contributed by atoms with Crippen LogP contribution in [-0.4, -0.2) is 10.8 Å². The van der Waals surface area contributed by atoms with Crippen LogP contribution >= 0.6 is 0 Å². The Morgan fingerprint density at radius 2 is 1.91 bits per heavy atom. The molecule has 1 aromatic heterocycles. The van der Waals surface area contributed by atoms with E-state index >= 15 is 0 Å². The Labute approximate surface area is 132 Å². The molecule has 1 fully saturated rings. The molecule has 4 rings (SSSR count). The van der Waals surface area contributed by atoms with Crippen LogP contribution in [0.3, 0.4) is 0 Å². The Hall–Kier alpha value is -2.30. The predicted molar refractivity (Wildman–Crippen MR) is 83.2 cm³/mol. The molecule has 5 heteroatoms. The molecule has 1 saturated carbocycles. The maximum atomic E-state index is 13.4. The van der Waals surface area contributed by atoms with Gasteiger partial charge < -0.3 is 5.32 Å². The molecule has 0 radical (unpaired) electrons. The molecular formula is C18H16F2N2O. The van der Waals surface area contributed by atoms with E-state index in [0.717, 1.165) is 48.2 Å². The van der Waals surface area contributed by atoms with E-state index in [1.54, 1.807) is 6.20 Å². The summed E-state index contributed by atoms with van der Waals surface area (Å²) >= 11 is 0. The van der Waals surface area contributed by atoms with E-state index in [1.807, 2.05) is 0 Å². The van der Waals surface area contributed by atoms with Crippen molar-refractivity contribution in [3.8, 4) is 0 Å². The summed E-state index contributed by atoms with van der Waals surface area (Å²) in [7, 11) is 0. The van der Waals surface area contributed by atoms with Crippen LogP contribution < -0.4 is 5.32 Å². The van der Waals surface area contributed by atoms with E-state index < -0.39 is 11.6 Å². The van der Waals surface area contributed by atoms with Gasteiger partial charge in [0.05, 0.1) is 11.9 Å². The summed E-state index contributed by atoms with van der Waals surface area (Å²) in [6.07, 6.45) is 4.88. The maximum absolute atomic E-state index is 13.4. The number of anilines is 2. The lowest BCUT2D eigenvalue weighted by molar-refractivity contribution is 0.101. The molecule has 23 heavy (non-hydrogen) atoms. The maximum Gasteiger partial charge on any atom is 0.178 e. The van der Waals surface area contributed by atoms with Crippen LogP contribution in [0.4, 0.5) is 20.2 Å². The lowest BCUT2D eigenvalue weighted by atomic mass is 9.89. The molecule has 1 N–H and O–H groups in total. The van der Waals surface area contributed by atoms with Gasteiger partial charge in [-0.3, -0.25) is 9.78 Å². The fourth-order valence-electron chi connectivity index (χ4n) is 4.01. The third-order valence-corrected chi connectivity index (χ3v) is 4.94. The summed E-state index contributed by atoms with van der Waals surface area (Å²) in [5.74, 6) is -0.962. The van der Waals surface area contributed by atoms with Crippen LogP contribution in [-0.2, 0) is 0 Å². The second-order valence-electron chi connectivity index (χ2n) is 6.36. The zero-order valence-corrected chi connectivity index (χ0v) is 12.7. The van der Waals surface area contributed by atoms with Crippen LogP contribution in [0.1, 0.15) is 59.6 Å². The van der Waals surface area contributed by atoms with Crippen molar-refractivity contribution in [2.75, 3.05) is 5.32 Å². The summed E-state index contributed by atoms with van der Waals surface area (Å²) in [6, 6.07) is 3.73. The van der Waals surface area contributed by atoms with Gasteiger partial charge in [-0.1, -0.05) is 0 Å². The van der Waals surface area contributed by atoms with Crippen LogP contribution in [0.2, 0.25) is 0 Å². The number of Topliss-reactive ketones (excluding diaryl/α,β-unsaturated/α-hetero) is 1. The number of carbonyl (C=O) groups excluding carboxylic acids is 1. The number of rotatable bonds is 3. The van der Waals surface area contributed by atoms with Gasteiger partial charge in [-0.2, -0.15) is 0 Å². The van der Waals surface area contributed by atoms with Crippen molar-refractivity contribution in [2.24, 2.45) is 0 Å². The predicted octanol–water partition coefficient (Wildman–Crippen LogP) is 4.67. The van der Waals surface area contributed by atoms with E-state index in [4.69, 9.17) is 0 Å². The largest absolute Gasteiger partial charge is 0.354 e. The highest BCUT2D eigenvalue weighted by molar-refractivity contribution is 5.95. The molecule has 0 aliphatic heterocycles. The lowest BCUT2D eigenvalue weighted by Crippen LogP contribution is -2.11. The van der Waals surface area contributed by atoms with Gasteiger partial charge in [-0.15, -0.1) is 0 Å². The number of aromatic nitrogens is 1. The number of hydrogen-bond acceptors (Lipinski definition) is 3. The molecule has 2 aliphatic carbocycles. The zero-order valence-electron chi connectivity index (χ0n) is 12.7. The third kappa shape index (κ3) is 2.22. The van der Waals surface area contributed by atoms with E-state index in [1.165, 1.54) is 13.0 Å². The first-order chi connectivity index (χ1) is 11.0. The van der Waals surface area contributed by atoms with Crippen LogP contribution in [0.5, 0.6) is 0 Å². The van der Waals surface area contributed by atoms with Gasteiger partial charge in [-0.25, -0.2) is 8.78 Å². The molecule has 3 nitrogen and oxygen atoms in total. The highest BCUT2D eigenvalue weighted by atomic mass is 19.2. The Morgan fingerprint density at radius 1 is 1.17 bits per heavy atom. The average molecular weight is 314 g/mol. The molecule has 1 aromatic carbocycles. The minimum absolute atomic E-state index is 0.0202. The van der Waals surface area contributed by atoms with Crippen LogP contribution in [0, 0.1) is 11.6 Å². The number of carbonyl (C=O) groups is 1. The minimum Gasteiger partial charge on any atom is -0.354 e. The number of ketones is 1. The topological polar surface area (TPSA) is 42.0 Å². The first-order valence-electron chi connectivity index (χ1n) is 7.80. The molecule has 2 aliphatic rings. The smallest absolute Gasteiger partial charge is 0.178 e. The fourth-order valence-corrected chi connectivity index (χ4v) is 4.01. The molecule has 0 saturated heterocycles. The molecule has 2 unspecified atom stereocenters. The average Bonchev–Trinajstić information content (AvgIpc) is 3.13. The number of nitrogens with zero attached hydrogens (tertiary/aromatic N) is 1. The Balaban J connectivity index is 1.78. The molecule has 118 valence electrons. The van der Waals surface area contributed by atoms with Gasteiger partial charge in [0.25, 0.3) is 0 Å². The summed E-state index contributed by atoms with van der Waals surface area (Å²) < 4.78 is 26.5. The van der Waals surface area contributed by atoms with Crippen molar-refractivity contribution < 1.29 is 13.6 Å². The fraction of sp³-hybridized carbons (Fsp3) is 0.333. The highest BCUT2D eigenvalue weighted by Crippen LogP contribution is 2.56. The summed E-state index contributed by atoms with van der Waals surface area (Å²) in [5, 5.41) is 3.14. The standard InChI is InChI=1S/C18H16F2N2O/c1-9(23)18-17-11-3-2-10(6-11)16(17)15(8-21-18)22-12-4-5-13(19)14(20)7-12/h4-5,7-8,10-11,22H,2-3,6H2,1H3. The quantitative estimate of drug-likeness (QED) is 0.837. The molecule has 2 atom stereocenters. The third-order valence-electron chi connectivity index (χ3n) is 4.94. The number of pyridine rings is 1. The van der Waals surface area contributed by atoms with Gasteiger partial charge in [0.15, 0.2) is 17.4 Å². The van der Waals surface area contributed by atoms with Gasteiger partial charge >= 0.3 is 0 Å². The van der Waals surface area contributed by atoms with Crippen molar-refractivity contribution in [3.63, 3.8) is 0 Å². The zero-order chi connectivity index (χ0) is 16.1. The van der Waals surface area contributed by atoms with E-state index in [0.29, 0.717) is 23.2 Å². The van der Waals surface area contributed by atoms with Gasteiger partial charge in [0.2, 0.25) is 0 Å². The minimum atomic E-state index is -0.888. The molecular weight excluding hydrogens is 298 g/mol. The number of hydrogen-bond donors (Lipinski definition) is 1. The molecule has 2 aromatic rings. The molecule has 0 spiro atoms. The second-order valence-corrected chi connectivity index (χ2v) is 6.36. The SMILES string of the molecule is CC(=O)c1ncc(Nc2ccc(F)c(F)c2)c2c1C1CCC2C1. The van der Waals surface area contributed by atoms with Crippen molar-refractivity contribution in [1.29, 1.82) is 0 Å². The lowest BCUT2D eigenvalue weighted by Gasteiger charge is -2.21. The summed E-state index contributed by atoms with van der Waals surface area (Å²) in [6.45, 7) is 1.54. The van der Waals surface area contributed by atoms with E-state index in [2.05, 4.69) is 10.3 Å². The second kappa shape index (κ2) is 5.11. The molecule has 0 amide bonds. The highest BCUT2D eigenvalue weighted by Gasteiger charge is 2.41. The van der Waals surface area contributed by atoms with Crippen molar-refractivity contribution >= 4 is 17.2 Å². The monoisotopic (exact) mass is 314 g/mol. The Morgan fingerprint density at radius 3 is 2.61 bits per heavy atom. The molecule has 2 bridgehead atoms. The summed E-state index contributed by atoms with van der Waals surface area (Å²) in [4.78, 5) is 16.2. The van der Waals surface area contributed by atoms with Crippen molar-refractivity contribution in [3.05, 3.63) is 52.9 Å². The summed E-state index contributed by atoms with van der Waals surface area (Å²) in [5.41, 5.74) is 4.02. The first kappa shape index (κ1) is 14.3.